The molecule has 0 spiro atoms. The number of nitrogens with zero attached hydrogens (tertiary/aromatic N) is 3. The van der Waals surface area contributed by atoms with Crippen molar-refractivity contribution in [1.29, 1.82) is 0 Å². The summed E-state index contributed by atoms with van der Waals surface area (Å²) in [5.41, 5.74) is 1.34. The van der Waals surface area contributed by atoms with Crippen molar-refractivity contribution in [1.82, 2.24) is 4.90 Å². The number of piperazine rings is 1. The van der Waals surface area contributed by atoms with Crippen LogP contribution in [0.15, 0.2) is 48.5 Å². The molecule has 0 aromatic heterocycles. The standard InChI is InChI=1S/C22H22ClN3O6/c23-17-3-1-16(2-4-17)20(27)9-10-22(29)32-15-21(28)25-13-11-24(12-14-25)18-5-7-19(8-6-18)26(30)31/h1-8H,9-15H2. The zero-order chi connectivity index (χ0) is 23.1. The Kier molecular flexibility index (Phi) is 7.77. The molecule has 0 bridgehead atoms. The number of ether oxygens (including phenoxy) is 1. The first-order valence-electron chi connectivity index (χ1n) is 10.0. The number of ketones is 1. The minimum absolute atomic E-state index is 0.0113. The van der Waals surface area contributed by atoms with E-state index in [0.717, 1.165) is 5.69 Å². The third-order valence-corrected chi connectivity index (χ3v) is 5.39. The van der Waals surface area contributed by atoms with Crippen LogP contribution in [0.4, 0.5) is 11.4 Å². The second kappa shape index (κ2) is 10.7. The van der Waals surface area contributed by atoms with Crippen LogP contribution >= 0.6 is 11.6 Å². The zero-order valence-electron chi connectivity index (χ0n) is 17.2. The van der Waals surface area contributed by atoms with E-state index in [1.165, 1.54) is 12.1 Å². The fraction of sp³-hybridized carbons (Fsp3) is 0.318. The number of anilines is 1. The highest BCUT2D eigenvalue weighted by molar-refractivity contribution is 6.30. The lowest BCUT2D eigenvalue weighted by Crippen LogP contribution is -2.49. The largest absolute Gasteiger partial charge is 0.456 e. The van der Waals surface area contributed by atoms with Gasteiger partial charge in [0.1, 0.15) is 0 Å². The summed E-state index contributed by atoms with van der Waals surface area (Å²) in [5, 5.41) is 11.3. The fourth-order valence-corrected chi connectivity index (χ4v) is 3.43. The van der Waals surface area contributed by atoms with Crippen LogP contribution in [-0.4, -0.2) is 60.3 Å². The lowest BCUT2D eigenvalue weighted by Gasteiger charge is -2.36. The smallest absolute Gasteiger partial charge is 0.306 e. The number of nitro benzene ring substituents is 1. The number of nitro groups is 1. The van der Waals surface area contributed by atoms with Crippen LogP contribution in [0, 0.1) is 10.1 Å². The van der Waals surface area contributed by atoms with E-state index >= 15 is 0 Å². The monoisotopic (exact) mass is 459 g/mol. The molecule has 1 saturated heterocycles. The maximum absolute atomic E-state index is 12.3. The molecule has 1 aliphatic rings. The van der Waals surface area contributed by atoms with Gasteiger partial charge in [0.25, 0.3) is 11.6 Å². The van der Waals surface area contributed by atoms with E-state index in [1.807, 2.05) is 4.90 Å². The molecule has 9 nitrogen and oxygen atoms in total. The SMILES string of the molecule is O=C(CCC(=O)c1ccc(Cl)cc1)OCC(=O)N1CCN(c2ccc([N+](=O)[O-])cc2)CC1. The van der Waals surface area contributed by atoms with Gasteiger partial charge in [0.15, 0.2) is 12.4 Å². The maximum Gasteiger partial charge on any atom is 0.306 e. The molecule has 1 fully saturated rings. The Bertz CT molecular complexity index is 986. The third-order valence-electron chi connectivity index (χ3n) is 5.14. The molecule has 0 saturated carbocycles. The van der Waals surface area contributed by atoms with Gasteiger partial charge < -0.3 is 14.5 Å². The molecule has 2 aromatic carbocycles. The van der Waals surface area contributed by atoms with Crippen LogP contribution in [0.2, 0.25) is 5.02 Å². The molecule has 0 unspecified atom stereocenters. The highest BCUT2D eigenvalue weighted by Gasteiger charge is 2.22. The van der Waals surface area contributed by atoms with Crippen LogP contribution in [0.3, 0.4) is 0 Å². The summed E-state index contributed by atoms with van der Waals surface area (Å²) >= 11 is 5.79. The number of hydrogen-bond donors (Lipinski definition) is 0. The quantitative estimate of drug-likeness (QED) is 0.258. The zero-order valence-corrected chi connectivity index (χ0v) is 18.0. The van der Waals surface area contributed by atoms with Crippen LogP contribution in [0.1, 0.15) is 23.2 Å². The van der Waals surface area contributed by atoms with Crippen LogP contribution in [0.5, 0.6) is 0 Å². The molecular weight excluding hydrogens is 438 g/mol. The number of benzene rings is 2. The predicted octanol–water partition coefficient (Wildman–Crippen LogP) is 3.10. The molecule has 0 aliphatic carbocycles. The second-order valence-electron chi connectivity index (χ2n) is 7.23. The average molecular weight is 460 g/mol. The topological polar surface area (TPSA) is 110 Å². The Labute approximate surface area is 189 Å². The lowest BCUT2D eigenvalue weighted by atomic mass is 10.1. The first-order chi connectivity index (χ1) is 15.3. The van der Waals surface area contributed by atoms with Gasteiger partial charge >= 0.3 is 5.97 Å². The number of amides is 1. The van der Waals surface area contributed by atoms with Crippen LogP contribution in [-0.2, 0) is 14.3 Å². The molecule has 32 heavy (non-hydrogen) atoms. The van der Waals surface area contributed by atoms with Gasteiger partial charge in [-0.25, -0.2) is 0 Å². The molecule has 0 atom stereocenters. The summed E-state index contributed by atoms with van der Waals surface area (Å²) in [6, 6.07) is 12.7. The molecule has 1 amide bonds. The van der Waals surface area contributed by atoms with E-state index in [2.05, 4.69) is 0 Å². The highest BCUT2D eigenvalue weighted by atomic mass is 35.5. The first-order valence-corrected chi connectivity index (χ1v) is 10.4. The third kappa shape index (κ3) is 6.27. The van der Waals surface area contributed by atoms with Crippen LogP contribution < -0.4 is 4.90 Å². The van der Waals surface area contributed by atoms with Gasteiger partial charge in [-0.3, -0.25) is 24.5 Å². The number of esters is 1. The maximum atomic E-state index is 12.3. The van der Waals surface area contributed by atoms with E-state index in [-0.39, 0.29) is 36.8 Å². The highest BCUT2D eigenvalue weighted by Crippen LogP contribution is 2.20. The number of halogens is 1. The van der Waals surface area contributed by atoms with Gasteiger partial charge in [0, 0.05) is 61.0 Å². The van der Waals surface area contributed by atoms with Gasteiger partial charge in [0.2, 0.25) is 0 Å². The van der Waals surface area contributed by atoms with Crippen molar-refractivity contribution in [2.75, 3.05) is 37.7 Å². The number of carbonyl (C=O) groups is 3. The van der Waals surface area contributed by atoms with Crippen molar-refractivity contribution >= 4 is 40.6 Å². The molecule has 2 aromatic rings. The van der Waals surface area contributed by atoms with E-state index in [9.17, 15) is 24.5 Å². The van der Waals surface area contributed by atoms with Crippen molar-refractivity contribution in [3.63, 3.8) is 0 Å². The Balaban J connectivity index is 1.38. The van der Waals surface area contributed by atoms with Crippen molar-refractivity contribution in [2.24, 2.45) is 0 Å². The predicted molar refractivity (Wildman–Crippen MR) is 118 cm³/mol. The van der Waals surface area contributed by atoms with Crippen molar-refractivity contribution in [3.8, 4) is 0 Å². The summed E-state index contributed by atoms with van der Waals surface area (Å²) in [6.45, 7) is 1.65. The number of rotatable bonds is 8. The van der Waals surface area contributed by atoms with Crippen molar-refractivity contribution < 1.29 is 24.0 Å². The summed E-state index contributed by atoms with van der Waals surface area (Å²) < 4.78 is 5.03. The number of hydrogen-bond acceptors (Lipinski definition) is 7. The summed E-state index contributed by atoms with van der Waals surface area (Å²) in [5.74, 6) is -1.11. The first kappa shape index (κ1) is 23.2. The number of Topliss-reactive ketones (excluding diaryl/α,β-unsaturated/α-hetero) is 1. The van der Waals surface area contributed by atoms with Crippen molar-refractivity contribution in [3.05, 3.63) is 69.2 Å². The average Bonchev–Trinajstić information content (AvgIpc) is 2.81. The van der Waals surface area contributed by atoms with Crippen molar-refractivity contribution in [2.45, 2.75) is 12.8 Å². The van der Waals surface area contributed by atoms with Gasteiger partial charge in [-0.05, 0) is 36.4 Å². The summed E-state index contributed by atoms with van der Waals surface area (Å²) in [6.07, 6.45) is -0.120. The van der Waals surface area contributed by atoms with E-state index < -0.39 is 10.9 Å². The molecule has 1 aliphatic heterocycles. The summed E-state index contributed by atoms with van der Waals surface area (Å²) in [4.78, 5) is 50.3. The summed E-state index contributed by atoms with van der Waals surface area (Å²) in [7, 11) is 0. The molecule has 10 heteroatoms. The molecule has 3 rings (SSSR count). The lowest BCUT2D eigenvalue weighted by molar-refractivity contribution is -0.384. The second-order valence-corrected chi connectivity index (χ2v) is 7.67. The van der Waals surface area contributed by atoms with Gasteiger partial charge in [-0.2, -0.15) is 0 Å². The Hall–Kier alpha value is -3.46. The normalized spacial score (nSPS) is 13.5. The van der Waals surface area contributed by atoms with Crippen LogP contribution in [0.25, 0.3) is 0 Å². The molecule has 0 radical (unpaired) electrons. The molecule has 168 valence electrons. The number of non-ortho nitro benzene ring substituents is 1. The molecule has 1 heterocycles. The van der Waals surface area contributed by atoms with Gasteiger partial charge in [-0.1, -0.05) is 11.6 Å². The fourth-order valence-electron chi connectivity index (χ4n) is 3.30. The Morgan fingerprint density at radius 2 is 1.56 bits per heavy atom. The van der Waals surface area contributed by atoms with E-state index in [4.69, 9.17) is 16.3 Å². The molecular formula is C22H22ClN3O6. The minimum atomic E-state index is -0.606. The molecule has 0 N–H and O–H groups in total. The van der Waals surface area contributed by atoms with Gasteiger partial charge in [-0.15, -0.1) is 0 Å². The van der Waals surface area contributed by atoms with Gasteiger partial charge in [0.05, 0.1) is 11.3 Å². The Morgan fingerprint density at radius 1 is 0.938 bits per heavy atom. The number of carbonyl (C=O) groups excluding carboxylic acids is 3. The minimum Gasteiger partial charge on any atom is -0.456 e. The van der Waals surface area contributed by atoms with E-state index in [1.54, 1.807) is 41.3 Å². The Morgan fingerprint density at radius 3 is 2.16 bits per heavy atom. The van der Waals surface area contributed by atoms with E-state index in [0.29, 0.717) is 36.8 Å².